The van der Waals surface area contributed by atoms with E-state index in [2.05, 4.69) is 20.3 Å². The van der Waals surface area contributed by atoms with Gasteiger partial charge in [-0.05, 0) is 40.7 Å². The molecule has 2 aromatic heterocycles. The highest BCUT2D eigenvalue weighted by atomic mass is 35.5. The van der Waals surface area contributed by atoms with Gasteiger partial charge in [0.05, 0.1) is 37.0 Å². The number of aliphatic imine (C=N–C) groups is 1. The molecule has 13 nitrogen and oxygen atoms in total. The first-order valence-corrected chi connectivity index (χ1v) is 16.5. The molecule has 2 amide bonds. The Morgan fingerprint density at radius 3 is 2.50 bits per heavy atom. The minimum absolute atomic E-state index is 0.0514. The van der Waals surface area contributed by atoms with Crippen molar-refractivity contribution < 1.29 is 27.8 Å². The second-order valence-corrected chi connectivity index (χ2v) is 14.5. The number of carbonyl (C=O) groups excluding carboxylic acids is 2. The number of alkyl halides is 2. The zero-order valence-corrected chi connectivity index (χ0v) is 28.4. The maximum Gasteiger partial charge on any atom is 0.410 e. The third-order valence-corrected chi connectivity index (χ3v) is 9.64. The van der Waals surface area contributed by atoms with E-state index in [0.29, 0.717) is 63.0 Å². The largest absolute Gasteiger partial charge is 0.447 e. The number of nitrogens with zero attached hydrogens (tertiary/aromatic N) is 7. The van der Waals surface area contributed by atoms with Crippen LogP contribution in [0.1, 0.15) is 57.3 Å². The van der Waals surface area contributed by atoms with Gasteiger partial charge >= 0.3 is 12.6 Å². The number of hydrogen-bond donors (Lipinski definition) is 2. The van der Waals surface area contributed by atoms with Crippen molar-refractivity contribution >= 4 is 29.6 Å². The molecule has 16 heteroatoms. The lowest BCUT2D eigenvalue weighted by Crippen LogP contribution is -2.69. The molecule has 4 aromatic rings. The molecule has 262 valence electrons. The minimum atomic E-state index is -2.77. The average Bonchev–Trinajstić information content (AvgIpc) is 3.78. The van der Waals surface area contributed by atoms with Crippen LogP contribution in [0.2, 0.25) is 5.02 Å². The Bertz CT molecular complexity index is 1930. The molecule has 0 bridgehead atoms. The van der Waals surface area contributed by atoms with Crippen molar-refractivity contribution in [2.45, 2.75) is 57.3 Å². The fraction of sp³-hybridized carbons (Fsp3) is 0.412. The third-order valence-electron chi connectivity index (χ3n) is 9.31. The number of benzene rings is 2. The number of amides is 2. The van der Waals surface area contributed by atoms with E-state index in [0.717, 1.165) is 6.42 Å². The lowest BCUT2D eigenvalue weighted by Gasteiger charge is -2.54. The Labute approximate surface area is 291 Å². The molecule has 7 rings (SSSR count). The number of aromatic nitrogens is 5. The fourth-order valence-electron chi connectivity index (χ4n) is 6.85. The molecular weight excluding hydrogens is 672 g/mol. The molecule has 2 fully saturated rings. The van der Waals surface area contributed by atoms with Crippen LogP contribution in [0.25, 0.3) is 22.5 Å². The van der Waals surface area contributed by atoms with Crippen LogP contribution in [-0.4, -0.2) is 84.6 Å². The molecule has 2 saturated heterocycles. The quantitative estimate of drug-likeness (QED) is 0.230. The SMILES string of the molecule is CC(C)(C)C[C@]1(c2ccc(-c3cnn(C(F)F)c3)cc2)N=C(N)N([C@H](COC(=O)N2CC3(CCO3)C2)c2ccc(Cl)c(-c3ncn[nH]3)c2)C1=O. The van der Waals surface area contributed by atoms with Crippen molar-refractivity contribution in [3.63, 3.8) is 0 Å². The number of guanidine groups is 1. The van der Waals surface area contributed by atoms with Crippen molar-refractivity contribution in [2.75, 3.05) is 26.3 Å². The number of aromatic amines is 1. The molecule has 0 aliphatic carbocycles. The molecule has 1 spiro atoms. The first-order chi connectivity index (χ1) is 23.8. The Morgan fingerprint density at radius 2 is 1.90 bits per heavy atom. The lowest BCUT2D eigenvalue weighted by atomic mass is 9.75. The highest BCUT2D eigenvalue weighted by molar-refractivity contribution is 6.33. The molecule has 2 aromatic carbocycles. The summed E-state index contributed by atoms with van der Waals surface area (Å²) in [6.07, 6.45) is 4.61. The van der Waals surface area contributed by atoms with Gasteiger partial charge in [0.2, 0.25) is 0 Å². The summed E-state index contributed by atoms with van der Waals surface area (Å²) in [4.78, 5) is 40.2. The van der Waals surface area contributed by atoms with E-state index in [4.69, 9.17) is 31.8 Å². The van der Waals surface area contributed by atoms with Crippen LogP contribution in [-0.2, 0) is 19.8 Å². The number of ether oxygens (including phenoxy) is 2. The van der Waals surface area contributed by atoms with Gasteiger partial charge in [0.1, 0.15) is 18.5 Å². The molecule has 0 saturated carbocycles. The van der Waals surface area contributed by atoms with Crippen molar-refractivity contribution in [1.29, 1.82) is 0 Å². The first kappa shape index (κ1) is 33.6. The highest BCUT2D eigenvalue weighted by Gasteiger charge is 2.54. The van der Waals surface area contributed by atoms with E-state index in [1.807, 2.05) is 20.8 Å². The molecule has 0 radical (unpaired) electrons. The maximum atomic E-state index is 14.9. The Hall–Kier alpha value is -4.89. The number of likely N-dealkylation sites (tertiary alicyclic amines) is 1. The normalized spacial score (nSPS) is 20.5. The van der Waals surface area contributed by atoms with Gasteiger partial charge in [0, 0.05) is 23.7 Å². The van der Waals surface area contributed by atoms with Crippen LogP contribution in [0.15, 0.2) is 66.2 Å². The lowest BCUT2D eigenvalue weighted by molar-refractivity contribution is -0.212. The zero-order valence-electron chi connectivity index (χ0n) is 27.6. The monoisotopic (exact) mass is 707 g/mol. The van der Waals surface area contributed by atoms with Crippen LogP contribution >= 0.6 is 11.6 Å². The van der Waals surface area contributed by atoms with Gasteiger partial charge in [-0.3, -0.25) is 14.8 Å². The van der Waals surface area contributed by atoms with E-state index in [1.54, 1.807) is 47.4 Å². The van der Waals surface area contributed by atoms with Crippen molar-refractivity contribution in [3.8, 4) is 22.5 Å². The summed E-state index contributed by atoms with van der Waals surface area (Å²) in [6.45, 7) is 4.54. The maximum absolute atomic E-state index is 14.9. The number of nitrogens with one attached hydrogen (secondary N) is 1. The summed E-state index contributed by atoms with van der Waals surface area (Å²) in [5, 5.41) is 10.9. The van der Waals surface area contributed by atoms with Gasteiger partial charge in [-0.15, -0.1) is 0 Å². The van der Waals surface area contributed by atoms with E-state index in [1.165, 1.54) is 23.6 Å². The number of hydrogen-bond acceptors (Lipinski definition) is 9. The topological polar surface area (TPSA) is 157 Å². The molecule has 5 heterocycles. The summed E-state index contributed by atoms with van der Waals surface area (Å²) in [5.74, 6) is -0.0506. The van der Waals surface area contributed by atoms with Crippen molar-refractivity contribution in [2.24, 2.45) is 16.1 Å². The second kappa shape index (κ2) is 12.5. The minimum Gasteiger partial charge on any atom is -0.447 e. The van der Waals surface area contributed by atoms with Crippen LogP contribution in [0.4, 0.5) is 13.6 Å². The van der Waals surface area contributed by atoms with E-state index < -0.39 is 35.5 Å². The van der Waals surface area contributed by atoms with Gasteiger partial charge in [0.25, 0.3) is 5.91 Å². The van der Waals surface area contributed by atoms with Crippen LogP contribution in [0.3, 0.4) is 0 Å². The van der Waals surface area contributed by atoms with Crippen LogP contribution in [0, 0.1) is 5.41 Å². The smallest absolute Gasteiger partial charge is 0.410 e. The second-order valence-electron chi connectivity index (χ2n) is 14.1. The fourth-order valence-corrected chi connectivity index (χ4v) is 7.06. The molecule has 3 aliphatic rings. The van der Waals surface area contributed by atoms with Gasteiger partial charge in [-0.2, -0.15) is 19.0 Å². The van der Waals surface area contributed by atoms with Crippen LogP contribution in [0.5, 0.6) is 0 Å². The zero-order chi connectivity index (χ0) is 35.4. The molecular formula is C34H36ClF2N9O4. The van der Waals surface area contributed by atoms with E-state index in [9.17, 15) is 18.4 Å². The molecule has 0 unspecified atom stereocenters. The summed E-state index contributed by atoms with van der Waals surface area (Å²) >= 11 is 6.56. The predicted octanol–water partition coefficient (Wildman–Crippen LogP) is 5.52. The van der Waals surface area contributed by atoms with E-state index >= 15 is 0 Å². The number of H-pyrrole nitrogens is 1. The Morgan fingerprint density at radius 1 is 1.16 bits per heavy atom. The molecule has 3 N–H and O–H groups in total. The molecule has 2 atom stereocenters. The number of halogens is 3. The summed E-state index contributed by atoms with van der Waals surface area (Å²) < 4.78 is 38.4. The van der Waals surface area contributed by atoms with Crippen molar-refractivity contribution in [3.05, 3.63) is 77.3 Å². The number of carbonyl (C=O) groups is 2. The third kappa shape index (κ3) is 6.08. The van der Waals surface area contributed by atoms with Crippen molar-refractivity contribution in [1.82, 2.24) is 34.8 Å². The van der Waals surface area contributed by atoms with E-state index in [-0.39, 0.29) is 24.6 Å². The molecule has 50 heavy (non-hydrogen) atoms. The Kier molecular flexibility index (Phi) is 8.37. The number of rotatable bonds is 9. The highest BCUT2D eigenvalue weighted by Crippen LogP contribution is 2.46. The molecule has 3 aliphatic heterocycles. The number of nitrogens with two attached hydrogens (primary N) is 1. The Balaban J connectivity index is 1.24. The summed E-state index contributed by atoms with van der Waals surface area (Å²) in [5.41, 5.74) is 7.34. The van der Waals surface area contributed by atoms with Gasteiger partial charge in [-0.1, -0.05) is 62.7 Å². The summed E-state index contributed by atoms with van der Waals surface area (Å²) in [7, 11) is 0. The predicted molar refractivity (Wildman–Crippen MR) is 179 cm³/mol. The average molecular weight is 708 g/mol. The first-order valence-electron chi connectivity index (χ1n) is 16.1. The van der Waals surface area contributed by atoms with Gasteiger partial charge < -0.3 is 20.1 Å². The van der Waals surface area contributed by atoms with Gasteiger partial charge in [-0.25, -0.2) is 19.5 Å². The summed E-state index contributed by atoms with van der Waals surface area (Å²) in [6, 6.07) is 11.2. The van der Waals surface area contributed by atoms with Crippen LogP contribution < -0.4 is 5.73 Å². The van der Waals surface area contributed by atoms with Gasteiger partial charge in [0.15, 0.2) is 17.3 Å². The standard InChI is InChI=1S/C34H36ClF2N9O4/c1-32(2,3)16-34(23-7-4-20(5-8-23)22-13-41-45(14-22)29(36)37)28(47)46(30(38)42-34)26(15-49-31(48)44-17-33(18-44)10-11-50-33)21-6-9-25(35)24(12-21)27-39-19-40-43-27/h4-9,12-14,19,26,29H,10-11,15-18H2,1-3H3,(H2,38,42)(H,39,40,43)/t26-,34-/m1/s1.